The molecule has 1 aromatic carbocycles. The average molecular weight is 278 g/mol. The van der Waals surface area contributed by atoms with E-state index in [9.17, 15) is 8.78 Å². The molecule has 3 rings (SSSR count). The van der Waals surface area contributed by atoms with Crippen LogP contribution in [0.3, 0.4) is 0 Å². The molecule has 2 aromatic rings. The molecule has 0 atom stereocenters. The first-order valence-corrected chi connectivity index (χ1v) is 6.56. The second-order valence-electron chi connectivity index (χ2n) is 4.90. The third-order valence-electron chi connectivity index (χ3n) is 3.52. The third kappa shape index (κ3) is 2.27. The fraction of sp³-hybridized carbons (Fsp3) is 0.357. The number of imidazole rings is 1. The number of rotatable bonds is 3. The van der Waals surface area contributed by atoms with Gasteiger partial charge in [-0.25, -0.2) is 13.8 Å². The maximum absolute atomic E-state index is 14.2. The molecule has 0 saturated carbocycles. The molecular formula is C14H16F2N4. The summed E-state index contributed by atoms with van der Waals surface area (Å²) in [6.45, 7) is 2.12. The first-order valence-electron chi connectivity index (χ1n) is 6.56. The highest BCUT2D eigenvalue weighted by molar-refractivity contribution is 5.51. The first kappa shape index (κ1) is 13.1. The molecule has 20 heavy (non-hydrogen) atoms. The van der Waals surface area contributed by atoms with Crippen LogP contribution in [0.25, 0.3) is 0 Å². The van der Waals surface area contributed by atoms with Gasteiger partial charge in [0.05, 0.1) is 6.54 Å². The van der Waals surface area contributed by atoms with Gasteiger partial charge in [-0.1, -0.05) is 0 Å². The summed E-state index contributed by atoms with van der Waals surface area (Å²) in [5, 5.41) is 2.89. The van der Waals surface area contributed by atoms with Crippen molar-refractivity contribution in [2.45, 2.75) is 19.6 Å². The van der Waals surface area contributed by atoms with E-state index in [4.69, 9.17) is 0 Å². The number of nitrogens with zero attached hydrogens (tertiary/aromatic N) is 3. The highest BCUT2D eigenvalue weighted by Gasteiger charge is 2.23. The lowest BCUT2D eigenvalue weighted by Gasteiger charge is -2.30. The number of aromatic nitrogens is 2. The van der Waals surface area contributed by atoms with E-state index in [0.29, 0.717) is 31.7 Å². The summed E-state index contributed by atoms with van der Waals surface area (Å²) in [7, 11) is 1.74. The zero-order chi connectivity index (χ0) is 14.1. The second kappa shape index (κ2) is 5.20. The van der Waals surface area contributed by atoms with Crippen LogP contribution in [0.15, 0.2) is 24.5 Å². The number of hydrogen-bond donors (Lipinski definition) is 1. The maximum Gasteiger partial charge on any atom is 0.149 e. The number of benzene rings is 1. The van der Waals surface area contributed by atoms with E-state index in [1.54, 1.807) is 18.1 Å². The van der Waals surface area contributed by atoms with Crippen molar-refractivity contribution < 1.29 is 8.78 Å². The summed E-state index contributed by atoms with van der Waals surface area (Å²) in [6, 6.07) is 2.77. The summed E-state index contributed by atoms with van der Waals surface area (Å²) in [4.78, 5) is 5.91. The minimum atomic E-state index is -0.518. The highest BCUT2D eigenvalue weighted by atomic mass is 19.1. The molecule has 4 nitrogen and oxygen atoms in total. The van der Waals surface area contributed by atoms with Crippen molar-refractivity contribution in [1.29, 1.82) is 0 Å². The van der Waals surface area contributed by atoms with Crippen LogP contribution in [0.5, 0.6) is 0 Å². The Kier molecular flexibility index (Phi) is 3.40. The van der Waals surface area contributed by atoms with Crippen LogP contribution in [0.2, 0.25) is 0 Å². The van der Waals surface area contributed by atoms with E-state index in [-0.39, 0.29) is 5.69 Å². The Labute approximate surface area is 116 Å². The molecule has 0 aliphatic carbocycles. The van der Waals surface area contributed by atoms with Gasteiger partial charge in [-0.3, -0.25) is 0 Å². The molecule has 0 unspecified atom stereocenters. The first-order chi connectivity index (χ1) is 9.69. The molecule has 2 heterocycles. The van der Waals surface area contributed by atoms with E-state index < -0.39 is 11.6 Å². The lowest BCUT2D eigenvalue weighted by atomic mass is 10.1. The number of nitrogens with one attached hydrogen (secondary N) is 1. The van der Waals surface area contributed by atoms with Crippen LogP contribution in [-0.2, 0) is 19.6 Å². The smallest absolute Gasteiger partial charge is 0.149 e. The highest BCUT2D eigenvalue weighted by Crippen LogP contribution is 2.28. The van der Waals surface area contributed by atoms with E-state index >= 15 is 0 Å². The van der Waals surface area contributed by atoms with Crippen molar-refractivity contribution in [2.24, 2.45) is 0 Å². The van der Waals surface area contributed by atoms with Gasteiger partial charge in [-0.2, -0.15) is 0 Å². The standard InChI is InChI=1S/C14H16F2N4/c1-17-8-10-6-11(15)14(12(16)7-10)20-5-4-19-3-2-18-13(19)9-20/h2-3,6-7,17H,4-5,8-9H2,1H3. The monoisotopic (exact) mass is 278 g/mol. The van der Waals surface area contributed by atoms with Gasteiger partial charge in [0, 0.05) is 32.0 Å². The molecular weight excluding hydrogens is 262 g/mol. The lowest BCUT2D eigenvalue weighted by Crippen LogP contribution is -2.34. The Balaban J connectivity index is 1.91. The van der Waals surface area contributed by atoms with Gasteiger partial charge in [0.15, 0.2) is 0 Å². The fourth-order valence-electron chi connectivity index (χ4n) is 2.59. The zero-order valence-electron chi connectivity index (χ0n) is 11.2. The molecule has 6 heteroatoms. The van der Waals surface area contributed by atoms with Gasteiger partial charge in [0.25, 0.3) is 0 Å². The molecule has 0 saturated heterocycles. The van der Waals surface area contributed by atoms with Crippen molar-refractivity contribution in [3.8, 4) is 0 Å². The quantitative estimate of drug-likeness (QED) is 0.931. The molecule has 0 bridgehead atoms. The van der Waals surface area contributed by atoms with Crippen molar-refractivity contribution in [1.82, 2.24) is 14.9 Å². The Bertz CT molecular complexity index is 600. The summed E-state index contributed by atoms with van der Waals surface area (Å²) >= 11 is 0. The molecule has 1 N–H and O–H groups in total. The molecule has 0 radical (unpaired) electrons. The van der Waals surface area contributed by atoms with E-state index in [1.807, 2.05) is 10.8 Å². The van der Waals surface area contributed by atoms with Crippen LogP contribution in [0, 0.1) is 11.6 Å². The summed E-state index contributed by atoms with van der Waals surface area (Å²) in [5.74, 6) is -0.208. The lowest BCUT2D eigenvalue weighted by molar-refractivity contribution is 0.520. The fourth-order valence-corrected chi connectivity index (χ4v) is 2.59. The van der Waals surface area contributed by atoms with Crippen molar-refractivity contribution >= 4 is 5.69 Å². The van der Waals surface area contributed by atoms with Crippen molar-refractivity contribution in [3.63, 3.8) is 0 Å². The minimum Gasteiger partial charge on any atom is -0.358 e. The maximum atomic E-state index is 14.2. The predicted octanol–water partition coefficient (Wildman–Crippen LogP) is 1.90. The molecule has 0 spiro atoms. The third-order valence-corrected chi connectivity index (χ3v) is 3.52. The Hall–Kier alpha value is -1.95. The van der Waals surface area contributed by atoms with Gasteiger partial charge >= 0.3 is 0 Å². The molecule has 1 aromatic heterocycles. The zero-order valence-corrected chi connectivity index (χ0v) is 11.2. The van der Waals surface area contributed by atoms with Crippen LogP contribution in [0.1, 0.15) is 11.4 Å². The molecule has 106 valence electrons. The van der Waals surface area contributed by atoms with Gasteiger partial charge < -0.3 is 14.8 Å². The van der Waals surface area contributed by atoms with Crippen LogP contribution in [-0.4, -0.2) is 23.1 Å². The van der Waals surface area contributed by atoms with E-state index in [1.165, 1.54) is 12.1 Å². The largest absolute Gasteiger partial charge is 0.358 e. The Morgan fingerprint density at radius 1 is 1.25 bits per heavy atom. The Morgan fingerprint density at radius 2 is 2.00 bits per heavy atom. The number of anilines is 1. The SMILES string of the molecule is CNCc1cc(F)c(N2CCn3ccnc3C2)c(F)c1. The van der Waals surface area contributed by atoms with E-state index in [0.717, 1.165) is 5.82 Å². The topological polar surface area (TPSA) is 33.1 Å². The summed E-state index contributed by atoms with van der Waals surface area (Å²) < 4.78 is 30.4. The molecule has 1 aliphatic heterocycles. The predicted molar refractivity (Wildman–Crippen MR) is 72.4 cm³/mol. The normalized spacial score (nSPS) is 14.4. The number of halogens is 2. The van der Waals surface area contributed by atoms with Gasteiger partial charge in [-0.15, -0.1) is 0 Å². The average Bonchev–Trinajstić information content (AvgIpc) is 2.85. The number of fused-ring (bicyclic) bond motifs is 1. The summed E-state index contributed by atoms with van der Waals surface area (Å²) in [5.41, 5.74) is 0.642. The van der Waals surface area contributed by atoms with Crippen molar-refractivity contribution in [3.05, 3.63) is 47.5 Å². The van der Waals surface area contributed by atoms with E-state index in [2.05, 4.69) is 10.3 Å². The Morgan fingerprint density at radius 3 is 2.70 bits per heavy atom. The molecule has 0 fully saturated rings. The van der Waals surface area contributed by atoms with Gasteiger partial charge in [-0.05, 0) is 24.7 Å². The van der Waals surface area contributed by atoms with Crippen LogP contribution >= 0.6 is 0 Å². The molecule has 1 aliphatic rings. The second-order valence-corrected chi connectivity index (χ2v) is 4.90. The van der Waals surface area contributed by atoms with Crippen LogP contribution in [0.4, 0.5) is 14.5 Å². The van der Waals surface area contributed by atoms with Crippen molar-refractivity contribution in [2.75, 3.05) is 18.5 Å². The summed E-state index contributed by atoms with van der Waals surface area (Å²) in [6.07, 6.45) is 3.59. The minimum absolute atomic E-state index is 0.0408. The molecule has 0 amide bonds. The van der Waals surface area contributed by atoms with Gasteiger partial charge in [0.1, 0.15) is 23.1 Å². The van der Waals surface area contributed by atoms with Crippen LogP contribution < -0.4 is 10.2 Å². The van der Waals surface area contributed by atoms with Gasteiger partial charge in [0.2, 0.25) is 0 Å². The number of hydrogen-bond acceptors (Lipinski definition) is 3.